The lowest BCUT2D eigenvalue weighted by Crippen LogP contribution is -2.07. The molecule has 5 nitrogen and oxygen atoms in total. The Morgan fingerprint density at radius 1 is 1.19 bits per heavy atom. The molecule has 0 aliphatic carbocycles. The Morgan fingerprint density at radius 3 is 2.12 bits per heavy atom. The number of halogens is 1. The first kappa shape index (κ1) is 12.1. The van der Waals surface area contributed by atoms with Gasteiger partial charge in [-0.05, 0) is 0 Å². The fraction of sp³-hybridized carbons (Fsp3) is 0.300. The van der Waals surface area contributed by atoms with Crippen LogP contribution in [0.25, 0.3) is 0 Å². The molecule has 0 radical (unpaired) electrons. The average Bonchev–Trinajstić information content (AvgIpc) is 2.27. The molecule has 6 heteroatoms. The Bertz CT molecular complexity index is 416. The first-order valence-electron chi connectivity index (χ1n) is 4.28. The van der Waals surface area contributed by atoms with E-state index in [2.05, 4.69) is 0 Å². The number of hydrogen-bond acceptors (Lipinski definition) is 4. The second-order valence-electron chi connectivity index (χ2n) is 2.81. The highest BCUT2D eigenvalue weighted by molar-refractivity contribution is 5.93. The van der Waals surface area contributed by atoms with Gasteiger partial charge in [0.1, 0.15) is 5.56 Å². The van der Waals surface area contributed by atoms with Crippen molar-refractivity contribution in [3.05, 3.63) is 17.4 Å². The first-order chi connectivity index (χ1) is 7.56. The van der Waals surface area contributed by atoms with Gasteiger partial charge in [0.15, 0.2) is 23.1 Å². The summed E-state index contributed by atoms with van der Waals surface area (Å²) in [6.07, 6.45) is 0. The standard InChI is InChI=1S/C10H11FO5/c1-14-5-4-6(15-2)9(16-3)7(8(5)11)10(12)13/h4H,1-3H3,(H,12,13). The predicted molar refractivity (Wildman–Crippen MR) is 53.0 cm³/mol. The van der Waals surface area contributed by atoms with Crippen LogP contribution in [-0.4, -0.2) is 32.4 Å². The highest BCUT2D eigenvalue weighted by Gasteiger charge is 2.25. The number of methoxy groups -OCH3 is 3. The molecule has 0 amide bonds. The number of ether oxygens (including phenoxy) is 3. The Balaban J connectivity index is 3.57. The second-order valence-corrected chi connectivity index (χ2v) is 2.81. The molecule has 0 fully saturated rings. The second kappa shape index (κ2) is 4.69. The summed E-state index contributed by atoms with van der Waals surface area (Å²) >= 11 is 0. The third-order valence-corrected chi connectivity index (χ3v) is 2.01. The minimum atomic E-state index is -1.45. The molecule has 0 saturated carbocycles. The zero-order chi connectivity index (χ0) is 12.3. The molecule has 0 bridgehead atoms. The normalized spacial score (nSPS) is 9.75. The van der Waals surface area contributed by atoms with Crippen molar-refractivity contribution in [3.63, 3.8) is 0 Å². The van der Waals surface area contributed by atoms with E-state index < -0.39 is 17.3 Å². The zero-order valence-electron chi connectivity index (χ0n) is 9.04. The van der Waals surface area contributed by atoms with Crippen molar-refractivity contribution < 1.29 is 28.5 Å². The van der Waals surface area contributed by atoms with E-state index >= 15 is 0 Å². The number of rotatable bonds is 4. The van der Waals surface area contributed by atoms with Gasteiger partial charge in [-0.2, -0.15) is 0 Å². The van der Waals surface area contributed by atoms with Crippen molar-refractivity contribution in [2.75, 3.05) is 21.3 Å². The fourth-order valence-electron chi connectivity index (χ4n) is 1.29. The van der Waals surface area contributed by atoms with Crippen LogP contribution in [0.15, 0.2) is 6.07 Å². The van der Waals surface area contributed by atoms with Crippen LogP contribution in [0, 0.1) is 5.82 Å². The van der Waals surface area contributed by atoms with E-state index in [0.29, 0.717) is 0 Å². The Morgan fingerprint density at radius 2 is 1.75 bits per heavy atom. The van der Waals surface area contributed by atoms with Crippen molar-refractivity contribution in [1.82, 2.24) is 0 Å². The van der Waals surface area contributed by atoms with Crippen molar-refractivity contribution in [3.8, 4) is 17.2 Å². The molecule has 0 aliphatic heterocycles. The van der Waals surface area contributed by atoms with Gasteiger partial charge in [-0.1, -0.05) is 0 Å². The number of carbonyl (C=O) groups is 1. The van der Waals surface area contributed by atoms with Crippen LogP contribution in [0.4, 0.5) is 4.39 Å². The summed E-state index contributed by atoms with van der Waals surface area (Å²) < 4.78 is 28.0. The average molecular weight is 230 g/mol. The lowest BCUT2D eigenvalue weighted by Gasteiger charge is -2.13. The van der Waals surface area contributed by atoms with Crippen molar-refractivity contribution in [1.29, 1.82) is 0 Å². The molecule has 1 N–H and O–H groups in total. The van der Waals surface area contributed by atoms with Gasteiger partial charge in [-0.3, -0.25) is 0 Å². The minimum Gasteiger partial charge on any atom is -0.494 e. The molecular formula is C10H11FO5. The van der Waals surface area contributed by atoms with Crippen molar-refractivity contribution in [2.45, 2.75) is 0 Å². The Kier molecular flexibility index (Phi) is 3.55. The van der Waals surface area contributed by atoms with Crippen LogP contribution in [0.2, 0.25) is 0 Å². The van der Waals surface area contributed by atoms with E-state index in [9.17, 15) is 9.18 Å². The van der Waals surface area contributed by atoms with Gasteiger partial charge in [0.25, 0.3) is 0 Å². The summed E-state index contributed by atoms with van der Waals surface area (Å²) in [7, 11) is 3.78. The molecule has 1 rings (SSSR count). The largest absolute Gasteiger partial charge is 0.494 e. The molecule has 0 saturated heterocycles. The van der Waals surface area contributed by atoms with E-state index in [1.54, 1.807) is 0 Å². The Hall–Kier alpha value is -1.98. The van der Waals surface area contributed by atoms with Crippen LogP contribution < -0.4 is 14.2 Å². The van der Waals surface area contributed by atoms with Crippen LogP contribution in [0.5, 0.6) is 17.2 Å². The minimum absolute atomic E-state index is 0.0955. The summed E-state index contributed by atoms with van der Waals surface area (Å²) in [6.45, 7) is 0. The molecule has 1 aromatic carbocycles. The first-order valence-corrected chi connectivity index (χ1v) is 4.28. The van der Waals surface area contributed by atoms with Crippen LogP contribution in [0.1, 0.15) is 10.4 Å². The van der Waals surface area contributed by atoms with Gasteiger partial charge in [0.05, 0.1) is 21.3 Å². The van der Waals surface area contributed by atoms with Crippen molar-refractivity contribution in [2.24, 2.45) is 0 Å². The molecule has 0 aliphatic rings. The maximum atomic E-state index is 13.6. The molecule has 16 heavy (non-hydrogen) atoms. The van der Waals surface area contributed by atoms with Crippen LogP contribution in [-0.2, 0) is 0 Å². The van der Waals surface area contributed by atoms with E-state index in [0.717, 1.165) is 0 Å². The van der Waals surface area contributed by atoms with Gasteiger partial charge in [0, 0.05) is 6.07 Å². The lowest BCUT2D eigenvalue weighted by atomic mass is 10.1. The molecule has 0 heterocycles. The Labute approximate surface area is 91.4 Å². The van der Waals surface area contributed by atoms with Gasteiger partial charge in [-0.15, -0.1) is 0 Å². The maximum absolute atomic E-state index is 13.6. The van der Waals surface area contributed by atoms with Crippen molar-refractivity contribution >= 4 is 5.97 Å². The van der Waals surface area contributed by atoms with E-state index in [1.165, 1.54) is 27.4 Å². The number of carboxylic acid groups (broad SMARTS) is 1. The highest BCUT2D eigenvalue weighted by atomic mass is 19.1. The third-order valence-electron chi connectivity index (χ3n) is 2.01. The SMILES string of the molecule is COc1cc(OC)c(OC)c(C(=O)O)c1F. The number of hydrogen-bond donors (Lipinski definition) is 1. The van der Waals surface area contributed by atoms with Gasteiger partial charge < -0.3 is 19.3 Å². The van der Waals surface area contributed by atoms with Gasteiger partial charge in [-0.25, -0.2) is 9.18 Å². The summed E-state index contributed by atoms with van der Waals surface area (Å²) in [5.41, 5.74) is -0.612. The third kappa shape index (κ3) is 1.86. The molecule has 88 valence electrons. The van der Waals surface area contributed by atoms with Crippen LogP contribution in [0.3, 0.4) is 0 Å². The summed E-state index contributed by atoms with van der Waals surface area (Å²) in [6, 6.07) is 1.22. The molecule has 0 unspecified atom stereocenters. The summed E-state index contributed by atoms with van der Waals surface area (Å²) in [5, 5.41) is 8.89. The molecule has 0 aromatic heterocycles. The lowest BCUT2D eigenvalue weighted by molar-refractivity contribution is 0.0686. The van der Waals surface area contributed by atoms with E-state index in [1.807, 2.05) is 0 Å². The zero-order valence-corrected chi connectivity index (χ0v) is 9.04. The summed E-state index contributed by atoms with van der Waals surface area (Å²) in [5.74, 6) is -2.74. The monoisotopic (exact) mass is 230 g/mol. The number of carboxylic acids is 1. The van der Waals surface area contributed by atoms with Crippen LogP contribution >= 0.6 is 0 Å². The topological polar surface area (TPSA) is 65.0 Å². The molecule has 0 spiro atoms. The molecule has 0 atom stereocenters. The summed E-state index contributed by atoms with van der Waals surface area (Å²) in [4.78, 5) is 10.9. The fourth-order valence-corrected chi connectivity index (χ4v) is 1.29. The predicted octanol–water partition coefficient (Wildman–Crippen LogP) is 1.55. The van der Waals surface area contributed by atoms with E-state index in [4.69, 9.17) is 19.3 Å². The van der Waals surface area contributed by atoms with Gasteiger partial charge >= 0.3 is 5.97 Å². The molecular weight excluding hydrogens is 219 g/mol. The number of benzene rings is 1. The van der Waals surface area contributed by atoms with Gasteiger partial charge in [0.2, 0.25) is 0 Å². The van der Waals surface area contributed by atoms with E-state index in [-0.39, 0.29) is 17.2 Å². The quantitative estimate of drug-likeness (QED) is 0.850. The highest BCUT2D eigenvalue weighted by Crippen LogP contribution is 2.38. The maximum Gasteiger partial charge on any atom is 0.342 e. The number of aromatic carboxylic acids is 1. The molecule has 1 aromatic rings. The smallest absolute Gasteiger partial charge is 0.342 e.